The molecule has 1 atom stereocenters. The molecule has 0 aromatic heterocycles. The summed E-state index contributed by atoms with van der Waals surface area (Å²) in [4.78, 5) is 24.2. The molecule has 27 heavy (non-hydrogen) atoms. The number of fused-ring (bicyclic) bond motifs is 1. The Bertz CT molecular complexity index is 997. The van der Waals surface area contributed by atoms with E-state index < -0.39 is 12.1 Å². The van der Waals surface area contributed by atoms with Gasteiger partial charge in [-0.25, -0.2) is 4.79 Å². The second-order valence-corrected chi connectivity index (χ2v) is 6.32. The third kappa shape index (κ3) is 4.20. The Labute approximate surface area is 161 Å². The molecule has 1 N–H and O–H groups in total. The molecule has 3 rings (SSSR count). The summed E-state index contributed by atoms with van der Waals surface area (Å²) >= 11 is 5.99. The summed E-state index contributed by atoms with van der Waals surface area (Å²) in [7, 11) is 1.27. The van der Waals surface area contributed by atoms with Crippen LogP contribution in [0.1, 0.15) is 17.3 Å². The van der Waals surface area contributed by atoms with Gasteiger partial charge < -0.3 is 14.8 Å². The van der Waals surface area contributed by atoms with E-state index in [1.54, 1.807) is 13.0 Å². The highest BCUT2D eigenvalue weighted by atomic mass is 35.5. The zero-order valence-corrected chi connectivity index (χ0v) is 15.6. The third-order valence-electron chi connectivity index (χ3n) is 4.06. The monoisotopic (exact) mass is 383 g/mol. The van der Waals surface area contributed by atoms with Gasteiger partial charge in [0.2, 0.25) is 0 Å². The highest BCUT2D eigenvalue weighted by Gasteiger charge is 2.18. The summed E-state index contributed by atoms with van der Waals surface area (Å²) in [5.74, 6) is -0.292. The predicted octanol–water partition coefficient (Wildman–Crippen LogP) is 4.69. The first-order valence-corrected chi connectivity index (χ1v) is 8.70. The normalized spacial score (nSPS) is 11.7. The minimum absolute atomic E-state index is 0.180. The lowest BCUT2D eigenvalue weighted by Gasteiger charge is -2.16. The Morgan fingerprint density at radius 2 is 1.78 bits per heavy atom. The number of ether oxygens (including phenoxy) is 2. The lowest BCUT2D eigenvalue weighted by Crippen LogP contribution is -2.30. The Kier molecular flexibility index (Phi) is 5.62. The predicted molar refractivity (Wildman–Crippen MR) is 105 cm³/mol. The molecule has 0 aliphatic rings. The van der Waals surface area contributed by atoms with E-state index in [9.17, 15) is 9.59 Å². The number of hydrogen-bond donors (Lipinski definition) is 1. The average molecular weight is 384 g/mol. The quantitative estimate of drug-likeness (QED) is 0.649. The Balaban J connectivity index is 1.75. The van der Waals surface area contributed by atoms with Crippen LogP contribution >= 0.6 is 11.6 Å². The van der Waals surface area contributed by atoms with Crippen LogP contribution in [0, 0.1) is 0 Å². The number of esters is 1. The lowest BCUT2D eigenvalue weighted by molar-refractivity contribution is -0.122. The number of carbonyl (C=O) groups excluding carboxylic acids is 2. The number of anilines is 1. The van der Waals surface area contributed by atoms with Crippen LogP contribution in [-0.2, 0) is 9.53 Å². The van der Waals surface area contributed by atoms with Crippen LogP contribution in [0.5, 0.6) is 5.75 Å². The summed E-state index contributed by atoms with van der Waals surface area (Å²) in [6.45, 7) is 1.66. The van der Waals surface area contributed by atoms with Crippen molar-refractivity contribution in [2.24, 2.45) is 0 Å². The third-order valence-corrected chi connectivity index (χ3v) is 4.39. The molecular formula is C21H18ClNO4. The number of benzene rings is 3. The topological polar surface area (TPSA) is 64.6 Å². The number of amides is 1. The van der Waals surface area contributed by atoms with Gasteiger partial charge in [0.15, 0.2) is 6.10 Å². The first kappa shape index (κ1) is 18.7. The van der Waals surface area contributed by atoms with E-state index in [0.717, 1.165) is 10.8 Å². The first-order chi connectivity index (χ1) is 13.0. The van der Waals surface area contributed by atoms with Crippen molar-refractivity contribution in [2.45, 2.75) is 13.0 Å². The highest BCUT2D eigenvalue weighted by molar-refractivity contribution is 6.33. The van der Waals surface area contributed by atoms with Gasteiger partial charge in [0.1, 0.15) is 5.75 Å². The fraction of sp³-hybridized carbons (Fsp3) is 0.143. The molecule has 0 fully saturated rings. The van der Waals surface area contributed by atoms with Crippen molar-refractivity contribution in [2.75, 3.05) is 12.4 Å². The van der Waals surface area contributed by atoms with Crippen LogP contribution in [-0.4, -0.2) is 25.1 Å². The van der Waals surface area contributed by atoms with E-state index in [0.29, 0.717) is 11.4 Å². The maximum absolute atomic E-state index is 12.5. The second kappa shape index (κ2) is 8.10. The summed E-state index contributed by atoms with van der Waals surface area (Å²) < 4.78 is 10.5. The van der Waals surface area contributed by atoms with Crippen LogP contribution in [0.3, 0.4) is 0 Å². The van der Waals surface area contributed by atoms with Gasteiger partial charge >= 0.3 is 5.97 Å². The van der Waals surface area contributed by atoms with E-state index in [-0.39, 0.29) is 16.5 Å². The SMILES string of the molecule is COC(=O)c1cc(NC(=O)[C@H](C)Oc2cccc3ccccc23)ccc1Cl. The molecule has 0 radical (unpaired) electrons. The number of rotatable bonds is 5. The Hall–Kier alpha value is -3.05. The van der Waals surface area contributed by atoms with Gasteiger partial charge in [0.25, 0.3) is 5.91 Å². The zero-order chi connectivity index (χ0) is 19.4. The van der Waals surface area contributed by atoms with E-state index >= 15 is 0 Å². The number of methoxy groups -OCH3 is 1. The molecule has 1 amide bonds. The Morgan fingerprint density at radius 3 is 2.56 bits per heavy atom. The smallest absolute Gasteiger partial charge is 0.339 e. The fourth-order valence-corrected chi connectivity index (χ4v) is 2.85. The highest BCUT2D eigenvalue weighted by Crippen LogP contribution is 2.26. The van der Waals surface area contributed by atoms with Gasteiger partial charge in [-0.3, -0.25) is 4.79 Å². The van der Waals surface area contributed by atoms with Gasteiger partial charge in [-0.1, -0.05) is 48.0 Å². The van der Waals surface area contributed by atoms with Crippen molar-refractivity contribution in [3.63, 3.8) is 0 Å². The lowest BCUT2D eigenvalue weighted by atomic mass is 10.1. The molecular weight excluding hydrogens is 366 g/mol. The molecule has 138 valence electrons. The standard InChI is InChI=1S/C21H18ClNO4/c1-13(27-19-9-5-7-14-6-3-4-8-16(14)19)20(24)23-15-10-11-18(22)17(12-15)21(25)26-2/h3-13H,1-2H3,(H,23,24)/t13-/m0/s1. The largest absolute Gasteiger partial charge is 0.480 e. The minimum Gasteiger partial charge on any atom is -0.480 e. The summed E-state index contributed by atoms with van der Waals surface area (Å²) in [6, 6.07) is 18.1. The van der Waals surface area contributed by atoms with Gasteiger partial charge in [-0.2, -0.15) is 0 Å². The van der Waals surface area contributed by atoms with Crippen LogP contribution in [0.2, 0.25) is 5.02 Å². The van der Waals surface area contributed by atoms with Crippen molar-refractivity contribution in [3.05, 3.63) is 71.2 Å². The van der Waals surface area contributed by atoms with Crippen LogP contribution in [0.25, 0.3) is 10.8 Å². The van der Waals surface area contributed by atoms with Crippen molar-refractivity contribution in [3.8, 4) is 5.75 Å². The zero-order valence-electron chi connectivity index (χ0n) is 14.9. The molecule has 3 aromatic carbocycles. The molecule has 0 aliphatic heterocycles. The minimum atomic E-state index is -0.743. The summed E-state index contributed by atoms with van der Waals surface area (Å²) in [5.41, 5.74) is 0.609. The van der Waals surface area contributed by atoms with E-state index in [4.69, 9.17) is 16.3 Å². The van der Waals surface area contributed by atoms with Crippen molar-refractivity contribution >= 4 is 39.9 Å². The Morgan fingerprint density at radius 1 is 1.04 bits per heavy atom. The van der Waals surface area contributed by atoms with Gasteiger partial charge in [0, 0.05) is 11.1 Å². The maximum Gasteiger partial charge on any atom is 0.339 e. The molecule has 0 heterocycles. The van der Waals surface area contributed by atoms with Crippen molar-refractivity contribution in [1.29, 1.82) is 0 Å². The molecule has 5 nitrogen and oxygen atoms in total. The molecule has 3 aromatic rings. The number of halogens is 1. The van der Waals surface area contributed by atoms with Crippen LogP contribution < -0.4 is 10.1 Å². The van der Waals surface area contributed by atoms with Crippen LogP contribution in [0.15, 0.2) is 60.7 Å². The van der Waals surface area contributed by atoms with Crippen molar-refractivity contribution in [1.82, 2.24) is 0 Å². The summed E-state index contributed by atoms with van der Waals surface area (Å²) in [5, 5.41) is 4.94. The molecule has 0 bridgehead atoms. The molecule has 0 saturated heterocycles. The fourth-order valence-electron chi connectivity index (χ4n) is 2.66. The first-order valence-electron chi connectivity index (χ1n) is 8.32. The molecule has 0 aliphatic carbocycles. The molecule has 0 unspecified atom stereocenters. The number of nitrogens with one attached hydrogen (secondary N) is 1. The van der Waals surface area contributed by atoms with Gasteiger partial charge in [-0.15, -0.1) is 0 Å². The van der Waals surface area contributed by atoms with E-state index in [2.05, 4.69) is 10.1 Å². The number of hydrogen-bond acceptors (Lipinski definition) is 4. The second-order valence-electron chi connectivity index (χ2n) is 5.91. The van der Waals surface area contributed by atoms with Crippen molar-refractivity contribution < 1.29 is 19.1 Å². The average Bonchev–Trinajstić information content (AvgIpc) is 2.69. The summed E-state index contributed by atoms with van der Waals surface area (Å²) in [6.07, 6.45) is -0.743. The van der Waals surface area contributed by atoms with E-state index in [1.807, 2.05) is 42.5 Å². The molecule has 0 saturated carbocycles. The maximum atomic E-state index is 12.5. The van der Waals surface area contributed by atoms with Gasteiger partial charge in [0.05, 0.1) is 17.7 Å². The number of carbonyl (C=O) groups is 2. The molecule has 6 heteroatoms. The van der Waals surface area contributed by atoms with Gasteiger partial charge in [-0.05, 0) is 36.6 Å². The van der Waals surface area contributed by atoms with E-state index in [1.165, 1.54) is 19.2 Å². The molecule has 0 spiro atoms. The van der Waals surface area contributed by atoms with Crippen LogP contribution in [0.4, 0.5) is 5.69 Å².